The van der Waals surface area contributed by atoms with Crippen LogP contribution in [0.1, 0.15) is 21.1 Å². The summed E-state index contributed by atoms with van der Waals surface area (Å²) in [5.41, 5.74) is 1.70. The zero-order valence-electron chi connectivity index (χ0n) is 15.2. The van der Waals surface area contributed by atoms with E-state index in [-0.39, 0.29) is 5.91 Å². The number of anilines is 2. The molecule has 1 aliphatic rings. The summed E-state index contributed by atoms with van der Waals surface area (Å²) in [5, 5.41) is 3.54. The van der Waals surface area contributed by atoms with Crippen molar-refractivity contribution in [2.75, 3.05) is 36.5 Å². The van der Waals surface area contributed by atoms with Gasteiger partial charge in [0.05, 0.1) is 30.8 Å². The lowest BCUT2D eigenvalue weighted by Crippen LogP contribution is -2.36. The minimum absolute atomic E-state index is 0.217. The molecule has 0 aromatic carbocycles. The van der Waals surface area contributed by atoms with E-state index in [2.05, 4.69) is 20.2 Å². The number of ether oxygens (including phenoxy) is 1. The SMILES string of the molecule is Cc1ccc(-c2nc(C)c(C(=O)Nc3ccc(N4CCOCC4)cn3)s2)o1. The van der Waals surface area contributed by atoms with Gasteiger partial charge in [-0.05, 0) is 38.1 Å². The third-order valence-electron chi connectivity index (χ3n) is 4.32. The lowest BCUT2D eigenvalue weighted by Gasteiger charge is -2.28. The second-order valence-electron chi connectivity index (χ2n) is 6.30. The number of aromatic nitrogens is 2. The molecule has 3 aromatic rings. The number of carbonyl (C=O) groups excluding carboxylic acids is 1. The molecule has 3 aromatic heterocycles. The minimum atomic E-state index is -0.217. The molecule has 8 heteroatoms. The van der Waals surface area contributed by atoms with Crippen LogP contribution in [-0.4, -0.2) is 42.2 Å². The number of hydrogen-bond donors (Lipinski definition) is 1. The molecule has 27 heavy (non-hydrogen) atoms. The molecule has 0 bridgehead atoms. The smallest absolute Gasteiger partial charge is 0.268 e. The summed E-state index contributed by atoms with van der Waals surface area (Å²) >= 11 is 1.31. The Kier molecular flexibility index (Phi) is 4.91. The van der Waals surface area contributed by atoms with E-state index in [9.17, 15) is 4.79 Å². The van der Waals surface area contributed by atoms with Crippen molar-refractivity contribution < 1.29 is 13.9 Å². The molecule has 4 heterocycles. The van der Waals surface area contributed by atoms with Crippen LogP contribution in [0.5, 0.6) is 0 Å². The summed E-state index contributed by atoms with van der Waals surface area (Å²) in [7, 11) is 0. The van der Waals surface area contributed by atoms with Gasteiger partial charge in [0, 0.05) is 13.1 Å². The van der Waals surface area contributed by atoms with Gasteiger partial charge in [-0.1, -0.05) is 0 Å². The fraction of sp³-hybridized carbons (Fsp3) is 0.316. The third kappa shape index (κ3) is 3.86. The molecule has 0 saturated carbocycles. The molecule has 0 unspecified atom stereocenters. The van der Waals surface area contributed by atoms with Crippen LogP contribution >= 0.6 is 11.3 Å². The van der Waals surface area contributed by atoms with E-state index in [1.54, 1.807) is 6.20 Å². The Bertz CT molecular complexity index is 942. The van der Waals surface area contributed by atoms with Gasteiger partial charge in [0.25, 0.3) is 5.91 Å². The van der Waals surface area contributed by atoms with Crippen LogP contribution in [0.15, 0.2) is 34.9 Å². The van der Waals surface area contributed by atoms with Crippen molar-refractivity contribution in [2.45, 2.75) is 13.8 Å². The van der Waals surface area contributed by atoms with Crippen LogP contribution in [0.3, 0.4) is 0 Å². The van der Waals surface area contributed by atoms with Gasteiger partial charge in [0.15, 0.2) is 10.8 Å². The van der Waals surface area contributed by atoms with E-state index in [4.69, 9.17) is 9.15 Å². The molecule has 1 amide bonds. The van der Waals surface area contributed by atoms with Crippen LogP contribution in [0.25, 0.3) is 10.8 Å². The Morgan fingerprint density at radius 1 is 1.19 bits per heavy atom. The third-order valence-corrected chi connectivity index (χ3v) is 5.49. The van der Waals surface area contributed by atoms with Crippen molar-refractivity contribution in [3.05, 3.63) is 46.8 Å². The number of aryl methyl sites for hydroxylation is 2. The van der Waals surface area contributed by atoms with Gasteiger partial charge in [-0.15, -0.1) is 11.3 Å². The fourth-order valence-electron chi connectivity index (χ4n) is 2.90. The Morgan fingerprint density at radius 2 is 2.00 bits per heavy atom. The number of furan rings is 1. The maximum Gasteiger partial charge on any atom is 0.268 e. The van der Waals surface area contributed by atoms with Crippen molar-refractivity contribution in [1.82, 2.24) is 9.97 Å². The number of morpholine rings is 1. The summed E-state index contributed by atoms with van der Waals surface area (Å²) in [6, 6.07) is 7.52. The summed E-state index contributed by atoms with van der Waals surface area (Å²) in [4.78, 5) is 24.2. The van der Waals surface area contributed by atoms with Crippen molar-refractivity contribution in [2.24, 2.45) is 0 Å². The Hall–Kier alpha value is -2.71. The van der Waals surface area contributed by atoms with E-state index < -0.39 is 0 Å². The molecule has 140 valence electrons. The first-order chi connectivity index (χ1) is 13.1. The van der Waals surface area contributed by atoms with E-state index in [0.717, 1.165) is 37.8 Å². The topological polar surface area (TPSA) is 80.5 Å². The number of hydrogen-bond acceptors (Lipinski definition) is 7. The minimum Gasteiger partial charge on any atom is -0.459 e. The van der Waals surface area contributed by atoms with Gasteiger partial charge in [0.2, 0.25) is 0 Å². The number of rotatable bonds is 4. The van der Waals surface area contributed by atoms with Crippen molar-refractivity contribution in [3.8, 4) is 10.8 Å². The van der Waals surface area contributed by atoms with Gasteiger partial charge >= 0.3 is 0 Å². The molecule has 0 radical (unpaired) electrons. The van der Waals surface area contributed by atoms with Gasteiger partial charge in [0.1, 0.15) is 16.5 Å². The summed E-state index contributed by atoms with van der Waals surface area (Å²) in [5.74, 6) is 1.78. The molecule has 7 nitrogen and oxygen atoms in total. The first-order valence-electron chi connectivity index (χ1n) is 8.74. The molecular formula is C19H20N4O3S. The monoisotopic (exact) mass is 384 g/mol. The van der Waals surface area contributed by atoms with E-state index in [1.165, 1.54) is 11.3 Å². The van der Waals surface area contributed by atoms with Crippen LogP contribution in [0.2, 0.25) is 0 Å². The molecule has 0 spiro atoms. The van der Waals surface area contributed by atoms with Crippen LogP contribution < -0.4 is 10.2 Å². The zero-order chi connectivity index (χ0) is 18.8. The highest BCUT2D eigenvalue weighted by molar-refractivity contribution is 7.17. The van der Waals surface area contributed by atoms with Gasteiger partial charge in [-0.3, -0.25) is 4.79 Å². The molecule has 0 aliphatic carbocycles. The number of pyridine rings is 1. The quantitative estimate of drug-likeness (QED) is 0.741. The van der Waals surface area contributed by atoms with Crippen molar-refractivity contribution in [3.63, 3.8) is 0 Å². The molecule has 1 saturated heterocycles. The first-order valence-corrected chi connectivity index (χ1v) is 9.56. The highest BCUT2D eigenvalue weighted by Crippen LogP contribution is 2.29. The number of nitrogens with one attached hydrogen (secondary N) is 1. The predicted octanol–water partition coefficient (Wildman–Crippen LogP) is 3.50. The van der Waals surface area contributed by atoms with Crippen LogP contribution in [-0.2, 0) is 4.74 Å². The fourth-order valence-corrected chi connectivity index (χ4v) is 3.83. The summed E-state index contributed by atoms with van der Waals surface area (Å²) < 4.78 is 11.0. The average molecular weight is 384 g/mol. The Balaban J connectivity index is 1.46. The molecule has 1 aliphatic heterocycles. The molecule has 0 atom stereocenters. The number of nitrogens with zero attached hydrogens (tertiary/aromatic N) is 3. The maximum atomic E-state index is 12.6. The lowest BCUT2D eigenvalue weighted by molar-refractivity contribution is 0.102. The number of amides is 1. The normalized spacial score (nSPS) is 14.4. The molecule has 4 rings (SSSR count). The number of carbonyl (C=O) groups is 1. The van der Waals surface area contributed by atoms with Crippen molar-refractivity contribution >= 4 is 28.7 Å². The second-order valence-corrected chi connectivity index (χ2v) is 7.30. The van der Waals surface area contributed by atoms with E-state index in [1.807, 2.05) is 38.1 Å². The van der Waals surface area contributed by atoms with E-state index in [0.29, 0.717) is 27.2 Å². The summed E-state index contributed by atoms with van der Waals surface area (Å²) in [6.07, 6.45) is 1.78. The summed E-state index contributed by atoms with van der Waals surface area (Å²) in [6.45, 7) is 6.84. The maximum absolute atomic E-state index is 12.6. The second kappa shape index (κ2) is 7.50. The molecular weight excluding hydrogens is 364 g/mol. The van der Waals surface area contributed by atoms with Crippen LogP contribution in [0.4, 0.5) is 11.5 Å². The van der Waals surface area contributed by atoms with Gasteiger partial charge in [-0.25, -0.2) is 9.97 Å². The highest BCUT2D eigenvalue weighted by Gasteiger charge is 2.18. The first kappa shape index (κ1) is 17.7. The average Bonchev–Trinajstić information content (AvgIpc) is 3.29. The van der Waals surface area contributed by atoms with Crippen molar-refractivity contribution in [1.29, 1.82) is 0 Å². The zero-order valence-corrected chi connectivity index (χ0v) is 16.0. The molecule has 1 N–H and O–H groups in total. The van der Waals surface area contributed by atoms with E-state index >= 15 is 0 Å². The van der Waals surface area contributed by atoms with Crippen LogP contribution in [0, 0.1) is 13.8 Å². The lowest BCUT2D eigenvalue weighted by atomic mass is 10.3. The number of thiazole rings is 1. The molecule has 1 fully saturated rings. The van der Waals surface area contributed by atoms with Gasteiger partial charge < -0.3 is 19.4 Å². The van der Waals surface area contributed by atoms with Gasteiger partial charge in [-0.2, -0.15) is 0 Å². The highest BCUT2D eigenvalue weighted by atomic mass is 32.1. The Morgan fingerprint density at radius 3 is 2.67 bits per heavy atom. The Labute approximate surface area is 161 Å². The largest absolute Gasteiger partial charge is 0.459 e. The standard InChI is InChI=1S/C19H20N4O3S/c1-12-3-5-15(26-12)19-21-13(2)17(27-19)18(24)22-16-6-4-14(11-20-16)23-7-9-25-10-8-23/h3-6,11H,7-10H2,1-2H3,(H,20,22,24). The predicted molar refractivity (Wildman–Crippen MR) is 105 cm³/mol.